The summed E-state index contributed by atoms with van der Waals surface area (Å²) in [5.74, 6) is 1.03. The Morgan fingerprint density at radius 1 is 1.05 bits per heavy atom. The van der Waals surface area contributed by atoms with E-state index in [9.17, 15) is 9.00 Å². The molecule has 3 N–H and O–H groups in total. The monoisotopic (exact) mass is 578 g/mol. The first kappa shape index (κ1) is 27.8. The average Bonchev–Trinajstić information content (AvgIpc) is 2.98. The molecule has 1 aliphatic heterocycles. The zero-order valence-corrected chi connectivity index (χ0v) is 23.9. The third-order valence-corrected chi connectivity index (χ3v) is 8.31. The Hall–Kier alpha value is -3.73. The van der Waals surface area contributed by atoms with Crippen LogP contribution in [0.25, 0.3) is 11.0 Å². The average molecular weight is 579 g/mol. The predicted molar refractivity (Wildman–Crippen MR) is 160 cm³/mol. The third kappa shape index (κ3) is 6.52. The van der Waals surface area contributed by atoms with Gasteiger partial charge >= 0.3 is 0 Å². The fourth-order valence-corrected chi connectivity index (χ4v) is 5.66. The molecule has 11 heteroatoms. The summed E-state index contributed by atoms with van der Waals surface area (Å²) in [6.45, 7) is 1.62. The molecule has 1 amide bonds. The standard InChI is InChI=1S/C29H31ClN6O3S/c1-36-15-6-5-9-20(36)18-31-29(37)19-8-7-10-22(16-19)40(38)35-28-27(32-24-11-3-4-12-25(24)33-28)34-26-17-21(39-2)13-14-23(26)30/h3-4,7-8,10-14,16-17,20H,5-6,9,15,18H2,1-2H3,(H,31,37)(H,32,34)(H,33,35). The summed E-state index contributed by atoms with van der Waals surface area (Å²) in [4.78, 5) is 25.0. The normalized spacial score (nSPS) is 16.3. The van der Waals surface area contributed by atoms with E-state index < -0.39 is 11.0 Å². The largest absolute Gasteiger partial charge is 0.497 e. The maximum Gasteiger partial charge on any atom is 0.251 e. The molecule has 0 radical (unpaired) electrons. The van der Waals surface area contributed by atoms with Crippen molar-refractivity contribution in [3.05, 3.63) is 77.3 Å². The number of piperidine rings is 1. The van der Waals surface area contributed by atoms with E-state index in [2.05, 4.69) is 32.3 Å². The van der Waals surface area contributed by atoms with E-state index in [1.54, 1.807) is 49.6 Å². The molecular weight excluding hydrogens is 548 g/mol. The van der Waals surface area contributed by atoms with Gasteiger partial charge in [-0.1, -0.05) is 36.2 Å². The smallest absolute Gasteiger partial charge is 0.251 e. The number of hydrogen-bond donors (Lipinski definition) is 3. The molecule has 1 aliphatic rings. The Labute approximate surface area is 240 Å². The van der Waals surface area contributed by atoms with Gasteiger partial charge in [-0.2, -0.15) is 0 Å². The third-order valence-electron chi connectivity index (χ3n) is 6.92. The number of ether oxygens (including phenoxy) is 1. The lowest BCUT2D eigenvalue weighted by Crippen LogP contribution is -2.44. The van der Waals surface area contributed by atoms with Gasteiger partial charge in [0.05, 0.1) is 33.7 Å². The number of fused-ring (bicyclic) bond motifs is 1. The summed E-state index contributed by atoms with van der Waals surface area (Å²) in [5, 5.41) is 6.69. The van der Waals surface area contributed by atoms with Crippen molar-refractivity contribution >= 4 is 56.9 Å². The highest BCUT2D eigenvalue weighted by Gasteiger charge is 2.20. The van der Waals surface area contributed by atoms with Gasteiger partial charge in [0.2, 0.25) is 0 Å². The maximum absolute atomic E-state index is 13.5. The summed E-state index contributed by atoms with van der Waals surface area (Å²) in [7, 11) is 1.92. The number of halogens is 1. The van der Waals surface area contributed by atoms with E-state index in [1.807, 2.05) is 24.3 Å². The lowest BCUT2D eigenvalue weighted by atomic mass is 10.0. The molecule has 0 aliphatic carbocycles. The van der Waals surface area contributed by atoms with Gasteiger partial charge < -0.3 is 20.3 Å². The predicted octanol–water partition coefficient (Wildman–Crippen LogP) is 5.38. The van der Waals surface area contributed by atoms with Gasteiger partial charge in [0.15, 0.2) is 22.6 Å². The minimum atomic E-state index is -1.74. The van der Waals surface area contributed by atoms with Crippen LogP contribution in [0.3, 0.4) is 0 Å². The van der Waals surface area contributed by atoms with Gasteiger partial charge in [-0.15, -0.1) is 0 Å². The topological polar surface area (TPSA) is 108 Å². The number of rotatable bonds is 9. The molecule has 1 saturated heterocycles. The van der Waals surface area contributed by atoms with E-state index in [0.717, 1.165) is 13.0 Å². The van der Waals surface area contributed by atoms with Crippen LogP contribution in [0.2, 0.25) is 5.02 Å². The molecule has 0 saturated carbocycles. The van der Waals surface area contributed by atoms with E-state index in [0.29, 0.717) is 56.4 Å². The molecular formula is C29H31ClN6O3S. The quantitative estimate of drug-likeness (QED) is 0.244. The highest BCUT2D eigenvalue weighted by Crippen LogP contribution is 2.32. The molecule has 1 fully saturated rings. The Balaban J connectivity index is 1.37. The van der Waals surface area contributed by atoms with Gasteiger partial charge in [0.25, 0.3) is 5.91 Å². The minimum absolute atomic E-state index is 0.196. The van der Waals surface area contributed by atoms with Crippen molar-refractivity contribution in [2.45, 2.75) is 30.2 Å². The number of anilines is 3. The highest BCUT2D eigenvalue weighted by atomic mass is 35.5. The lowest BCUT2D eigenvalue weighted by Gasteiger charge is -2.32. The summed E-state index contributed by atoms with van der Waals surface area (Å²) in [5.41, 5.74) is 2.28. The molecule has 0 bridgehead atoms. The number of aromatic nitrogens is 2. The van der Waals surface area contributed by atoms with Crippen LogP contribution in [0.4, 0.5) is 17.3 Å². The van der Waals surface area contributed by atoms with Crippen molar-refractivity contribution in [1.29, 1.82) is 0 Å². The molecule has 5 rings (SSSR count). The SMILES string of the molecule is COc1ccc(Cl)c(Nc2nc3ccccc3nc2NS(=O)c2cccc(C(=O)NCC3CCCCN3C)c2)c1. The van der Waals surface area contributed by atoms with Crippen LogP contribution < -0.4 is 20.1 Å². The van der Waals surface area contributed by atoms with Crippen molar-refractivity contribution in [1.82, 2.24) is 20.2 Å². The van der Waals surface area contributed by atoms with Crippen molar-refractivity contribution < 1.29 is 13.7 Å². The van der Waals surface area contributed by atoms with Crippen LogP contribution in [-0.4, -0.2) is 58.3 Å². The van der Waals surface area contributed by atoms with Crippen molar-refractivity contribution in [2.24, 2.45) is 0 Å². The first-order chi connectivity index (χ1) is 19.4. The second kappa shape index (κ2) is 12.6. The number of methoxy groups -OCH3 is 1. The number of carbonyl (C=O) groups excluding carboxylic acids is 1. The molecule has 4 aromatic rings. The second-order valence-corrected chi connectivity index (χ2v) is 11.2. The molecule has 0 spiro atoms. The van der Waals surface area contributed by atoms with Crippen molar-refractivity contribution in [3.63, 3.8) is 0 Å². The molecule has 2 unspecified atom stereocenters. The molecule has 208 valence electrons. The van der Waals surface area contributed by atoms with E-state index >= 15 is 0 Å². The molecule has 2 heterocycles. The summed E-state index contributed by atoms with van der Waals surface area (Å²) in [6.07, 6.45) is 3.42. The van der Waals surface area contributed by atoms with E-state index in [4.69, 9.17) is 21.3 Å². The highest BCUT2D eigenvalue weighted by molar-refractivity contribution is 7.86. The first-order valence-corrected chi connectivity index (χ1v) is 14.6. The van der Waals surface area contributed by atoms with Crippen molar-refractivity contribution in [2.75, 3.05) is 37.3 Å². The number of para-hydroxylation sites is 2. The molecule has 3 aromatic carbocycles. The van der Waals surface area contributed by atoms with Crippen LogP contribution >= 0.6 is 11.6 Å². The van der Waals surface area contributed by atoms with Crippen molar-refractivity contribution in [3.8, 4) is 5.75 Å². The molecule has 1 aromatic heterocycles. The Morgan fingerprint density at radius 2 is 1.82 bits per heavy atom. The van der Waals surface area contributed by atoms with Gasteiger partial charge in [0, 0.05) is 24.2 Å². The Kier molecular flexibility index (Phi) is 8.78. The van der Waals surface area contributed by atoms with E-state index in [-0.39, 0.29) is 11.7 Å². The number of likely N-dealkylation sites (tertiary alicyclic amines) is 1. The van der Waals surface area contributed by atoms with Crippen LogP contribution in [0.5, 0.6) is 5.75 Å². The minimum Gasteiger partial charge on any atom is -0.497 e. The Morgan fingerprint density at radius 3 is 2.58 bits per heavy atom. The zero-order chi connectivity index (χ0) is 28.1. The Bertz CT molecular complexity index is 1550. The number of benzene rings is 3. The fraction of sp³-hybridized carbons (Fsp3) is 0.276. The second-order valence-electron chi connectivity index (χ2n) is 9.62. The summed E-state index contributed by atoms with van der Waals surface area (Å²) >= 11 is 6.42. The van der Waals surface area contributed by atoms with Crippen LogP contribution in [0, 0.1) is 0 Å². The number of nitrogens with one attached hydrogen (secondary N) is 3. The number of carbonyl (C=O) groups is 1. The number of amides is 1. The summed E-state index contributed by atoms with van der Waals surface area (Å²) < 4.78 is 21.8. The van der Waals surface area contributed by atoms with Crippen LogP contribution in [0.1, 0.15) is 29.6 Å². The molecule has 9 nitrogen and oxygen atoms in total. The lowest BCUT2D eigenvalue weighted by molar-refractivity contribution is 0.0928. The van der Waals surface area contributed by atoms with Gasteiger partial charge in [0.1, 0.15) is 5.75 Å². The van der Waals surface area contributed by atoms with Crippen LogP contribution in [-0.2, 0) is 11.0 Å². The van der Waals surface area contributed by atoms with E-state index in [1.165, 1.54) is 12.8 Å². The van der Waals surface area contributed by atoms with Gasteiger partial charge in [-0.25, -0.2) is 14.2 Å². The molecule has 40 heavy (non-hydrogen) atoms. The molecule has 2 atom stereocenters. The van der Waals surface area contributed by atoms with Gasteiger partial charge in [-0.3, -0.25) is 9.52 Å². The first-order valence-electron chi connectivity index (χ1n) is 13.1. The van der Waals surface area contributed by atoms with Gasteiger partial charge in [-0.05, 0) is 68.9 Å². The number of hydrogen-bond acceptors (Lipinski definition) is 7. The zero-order valence-electron chi connectivity index (χ0n) is 22.3. The summed E-state index contributed by atoms with van der Waals surface area (Å²) in [6, 6.07) is 19.7. The fourth-order valence-electron chi connectivity index (χ4n) is 4.63. The number of likely N-dealkylation sites (N-methyl/N-ethyl adjacent to an activating group) is 1. The maximum atomic E-state index is 13.5. The number of nitrogens with zero attached hydrogens (tertiary/aromatic N) is 3. The van der Waals surface area contributed by atoms with Crippen LogP contribution in [0.15, 0.2) is 71.6 Å².